The Bertz CT molecular complexity index is 1350. The molecule has 5 rings (SSSR count). The van der Waals surface area contributed by atoms with Crippen LogP contribution in [0.2, 0.25) is 10.0 Å². The molecule has 37 heavy (non-hydrogen) atoms. The second-order valence-corrected chi connectivity index (χ2v) is 10.4. The van der Waals surface area contributed by atoms with Gasteiger partial charge in [0.1, 0.15) is 5.69 Å². The molecule has 2 heterocycles. The van der Waals surface area contributed by atoms with Crippen molar-refractivity contribution in [2.45, 2.75) is 30.8 Å². The highest BCUT2D eigenvalue weighted by atomic mass is 35.5. The first-order chi connectivity index (χ1) is 17.9. The van der Waals surface area contributed by atoms with E-state index in [4.69, 9.17) is 23.2 Å². The van der Waals surface area contributed by atoms with Crippen molar-refractivity contribution in [3.05, 3.63) is 112 Å². The minimum Gasteiger partial charge on any atom is -0.385 e. The van der Waals surface area contributed by atoms with Crippen molar-refractivity contribution in [2.24, 2.45) is 0 Å². The molecule has 2 N–H and O–H groups in total. The van der Waals surface area contributed by atoms with Crippen LogP contribution in [-0.2, 0) is 5.60 Å². The largest absolute Gasteiger partial charge is 0.385 e. The number of hydrogen-bond acceptors (Lipinski definition) is 4. The molecule has 7 heteroatoms. The van der Waals surface area contributed by atoms with Crippen molar-refractivity contribution >= 4 is 29.0 Å². The van der Waals surface area contributed by atoms with Crippen LogP contribution >= 0.6 is 23.2 Å². The SMILES string of the molecule is O=C(c1n[nH]cc1-c1ccccc1)C(CCN1CCC(O)(c2ccccc2)CC1)c1ccc(Cl)c(Cl)c1. The number of Topliss-reactive ketones (excluding diaryl/α,β-unsaturated/α-hetero) is 1. The van der Waals surface area contributed by atoms with Crippen molar-refractivity contribution in [1.82, 2.24) is 15.1 Å². The lowest BCUT2D eigenvalue weighted by Crippen LogP contribution is -2.43. The molecule has 1 atom stereocenters. The van der Waals surface area contributed by atoms with Crippen molar-refractivity contribution in [1.29, 1.82) is 0 Å². The van der Waals surface area contributed by atoms with Crippen LogP contribution in [0.1, 0.15) is 46.8 Å². The number of nitrogens with one attached hydrogen (secondary N) is 1. The topological polar surface area (TPSA) is 69.2 Å². The van der Waals surface area contributed by atoms with Gasteiger partial charge in [0.25, 0.3) is 0 Å². The molecule has 0 bridgehead atoms. The third-order valence-corrected chi connectivity index (χ3v) is 8.09. The predicted molar refractivity (Wildman–Crippen MR) is 148 cm³/mol. The summed E-state index contributed by atoms with van der Waals surface area (Å²) >= 11 is 12.5. The van der Waals surface area contributed by atoms with Crippen LogP contribution in [0, 0.1) is 0 Å². The maximum Gasteiger partial charge on any atom is 0.191 e. The minimum atomic E-state index is -0.809. The first kappa shape index (κ1) is 25.7. The van der Waals surface area contributed by atoms with Crippen molar-refractivity contribution in [3.8, 4) is 11.1 Å². The number of aliphatic hydroxyl groups is 1. The molecule has 0 amide bonds. The molecular formula is C30H29Cl2N3O2. The van der Waals surface area contributed by atoms with Gasteiger partial charge in [-0.2, -0.15) is 5.10 Å². The molecule has 5 nitrogen and oxygen atoms in total. The third-order valence-electron chi connectivity index (χ3n) is 7.35. The number of ketones is 1. The Morgan fingerprint density at radius 2 is 1.65 bits per heavy atom. The van der Waals surface area contributed by atoms with Gasteiger partial charge in [-0.15, -0.1) is 0 Å². The van der Waals surface area contributed by atoms with E-state index in [0.29, 0.717) is 41.5 Å². The molecule has 1 aromatic heterocycles. The van der Waals surface area contributed by atoms with Gasteiger partial charge >= 0.3 is 0 Å². The lowest BCUT2D eigenvalue weighted by Gasteiger charge is -2.39. The summed E-state index contributed by atoms with van der Waals surface area (Å²) in [5.41, 5.74) is 3.10. The Morgan fingerprint density at radius 1 is 0.973 bits per heavy atom. The number of halogens is 2. The molecule has 1 fully saturated rings. The normalized spacial score (nSPS) is 16.4. The van der Waals surface area contributed by atoms with E-state index in [-0.39, 0.29) is 5.78 Å². The second kappa shape index (κ2) is 11.2. The maximum atomic E-state index is 13.9. The average molecular weight is 534 g/mol. The molecule has 0 radical (unpaired) electrons. The first-order valence-electron chi connectivity index (χ1n) is 12.5. The summed E-state index contributed by atoms with van der Waals surface area (Å²) in [7, 11) is 0. The zero-order chi connectivity index (χ0) is 25.8. The minimum absolute atomic E-state index is 0.0590. The van der Waals surface area contributed by atoms with E-state index in [1.54, 1.807) is 18.3 Å². The zero-order valence-corrected chi connectivity index (χ0v) is 21.9. The molecule has 0 saturated carbocycles. The van der Waals surface area contributed by atoms with Crippen molar-refractivity contribution in [2.75, 3.05) is 19.6 Å². The summed E-state index contributed by atoms with van der Waals surface area (Å²) in [6, 6.07) is 25.0. The number of H-pyrrole nitrogens is 1. The summed E-state index contributed by atoms with van der Waals surface area (Å²) in [6.45, 7) is 2.23. The summed E-state index contributed by atoms with van der Waals surface area (Å²) < 4.78 is 0. The number of piperidine rings is 1. The highest BCUT2D eigenvalue weighted by Gasteiger charge is 2.34. The van der Waals surface area contributed by atoms with E-state index in [9.17, 15) is 9.90 Å². The van der Waals surface area contributed by atoms with Gasteiger partial charge in [0.15, 0.2) is 5.78 Å². The highest BCUT2D eigenvalue weighted by Crippen LogP contribution is 2.35. The fraction of sp³-hybridized carbons (Fsp3) is 0.267. The van der Waals surface area contributed by atoms with Gasteiger partial charge in [-0.3, -0.25) is 9.89 Å². The molecule has 4 aromatic rings. The Morgan fingerprint density at radius 3 is 2.32 bits per heavy atom. The molecule has 1 unspecified atom stereocenters. The fourth-order valence-electron chi connectivity index (χ4n) is 5.15. The van der Waals surface area contributed by atoms with Crippen LogP contribution in [0.15, 0.2) is 85.1 Å². The number of carbonyl (C=O) groups excluding carboxylic acids is 1. The van der Waals surface area contributed by atoms with Gasteiger partial charge in [-0.05, 0) is 54.6 Å². The highest BCUT2D eigenvalue weighted by molar-refractivity contribution is 6.42. The van der Waals surface area contributed by atoms with E-state index in [1.807, 2.05) is 66.7 Å². The number of benzene rings is 3. The van der Waals surface area contributed by atoms with Crippen molar-refractivity contribution in [3.63, 3.8) is 0 Å². The Balaban J connectivity index is 1.35. The Labute approximate surface area is 227 Å². The molecule has 190 valence electrons. The second-order valence-electron chi connectivity index (χ2n) is 9.63. The number of nitrogens with zero attached hydrogens (tertiary/aromatic N) is 2. The van der Waals surface area contributed by atoms with E-state index in [2.05, 4.69) is 15.1 Å². The number of carbonyl (C=O) groups is 1. The lowest BCUT2D eigenvalue weighted by atomic mass is 9.84. The van der Waals surface area contributed by atoms with E-state index >= 15 is 0 Å². The molecule has 3 aromatic carbocycles. The monoisotopic (exact) mass is 533 g/mol. The third kappa shape index (κ3) is 5.65. The van der Waals surface area contributed by atoms with Gasteiger partial charge in [0, 0.05) is 24.8 Å². The number of likely N-dealkylation sites (tertiary alicyclic amines) is 1. The van der Waals surface area contributed by atoms with Crippen LogP contribution in [0.3, 0.4) is 0 Å². The molecule has 0 aliphatic carbocycles. The summed E-state index contributed by atoms with van der Waals surface area (Å²) in [6.07, 6.45) is 3.67. The van der Waals surface area contributed by atoms with Crippen LogP contribution in [-0.4, -0.2) is 45.6 Å². The smallest absolute Gasteiger partial charge is 0.191 e. The van der Waals surface area contributed by atoms with Gasteiger partial charge in [-0.25, -0.2) is 0 Å². The molecule has 1 aliphatic rings. The molecule has 1 aliphatic heterocycles. The van der Waals surface area contributed by atoms with Gasteiger partial charge in [-0.1, -0.05) is 89.9 Å². The number of aromatic amines is 1. The lowest BCUT2D eigenvalue weighted by molar-refractivity contribution is -0.0262. The van der Waals surface area contributed by atoms with Gasteiger partial charge in [0.05, 0.1) is 21.6 Å². The predicted octanol–water partition coefficient (Wildman–Crippen LogP) is 6.72. The Kier molecular flexibility index (Phi) is 7.77. The summed E-state index contributed by atoms with van der Waals surface area (Å²) in [5.74, 6) is -0.494. The summed E-state index contributed by atoms with van der Waals surface area (Å²) in [4.78, 5) is 16.3. The zero-order valence-electron chi connectivity index (χ0n) is 20.4. The standard InChI is InChI=1S/C30H29Cl2N3O2/c31-26-12-11-22(19-27(26)32)24(29(36)28-25(20-33-34-28)21-7-3-1-4-8-21)13-16-35-17-14-30(37,15-18-35)23-9-5-2-6-10-23/h1-12,19-20,24,37H,13-18H2,(H,33,34). The maximum absolute atomic E-state index is 13.9. The quantitative estimate of drug-likeness (QED) is 0.246. The van der Waals surface area contributed by atoms with Crippen LogP contribution in [0.5, 0.6) is 0 Å². The fourth-order valence-corrected chi connectivity index (χ4v) is 5.46. The van der Waals surface area contributed by atoms with Crippen molar-refractivity contribution < 1.29 is 9.90 Å². The number of rotatable bonds is 8. The summed E-state index contributed by atoms with van der Waals surface area (Å²) in [5, 5.41) is 19.3. The first-order valence-corrected chi connectivity index (χ1v) is 13.3. The van der Waals surface area contributed by atoms with Crippen LogP contribution in [0.4, 0.5) is 0 Å². The van der Waals surface area contributed by atoms with Crippen LogP contribution in [0.25, 0.3) is 11.1 Å². The van der Waals surface area contributed by atoms with E-state index in [0.717, 1.165) is 35.3 Å². The van der Waals surface area contributed by atoms with Crippen LogP contribution < -0.4 is 0 Å². The van der Waals surface area contributed by atoms with Gasteiger partial charge in [0.2, 0.25) is 0 Å². The van der Waals surface area contributed by atoms with E-state index < -0.39 is 11.5 Å². The number of aromatic nitrogens is 2. The van der Waals surface area contributed by atoms with E-state index in [1.165, 1.54) is 0 Å². The molecular weight excluding hydrogens is 505 g/mol. The Hall–Kier alpha value is -2.96. The molecule has 0 spiro atoms. The number of hydrogen-bond donors (Lipinski definition) is 2. The average Bonchev–Trinajstić information content (AvgIpc) is 3.43. The molecule has 1 saturated heterocycles. The van der Waals surface area contributed by atoms with Gasteiger partial charge < -0.3 is 10.0 Å².